The molecule has 0 saturated carbocycles. The Morgan fingerprint density at radius 2 is 2.05 bits per heavy atom. The van der Waals surface area contributed by atoms with Gasteiger partial charge in [0.25, 0.3) is 0 Å². The van der Waals surface area contributed by atoms with E-state index in [-0.39, 0.29) is 0 Å². The van der Waals surface area contributed by atoms with Gasteiger partial charge in [-0.25, -0.2) is 4.98 Å². The Kier molecular flexibility index (Phi) is 6.24. The van der Waals surface area contributed by atoms with Gasteiger partial charge < -0.3 is 0 Å². The monoisotopic (exact) mass is 287 g/mol. The highest BCUT2D eigenvalue weighted by atomic mass is 32.1. The molecule has 3 nitrogen and oxygen atoms in total. The van der Waals surface area contributed by atoms with Gasteiger partial charge in [0.2, 0.25) is 5.13 Å². The quantitative estimate of drug-likeness (QED) is 0.413. The van der Waals surface area contributed by atoms with Gasteiger partial charge in [-0.1, -0.05) is 56.5 Å². The number of rotatable bonds is 8. The summed E-state index contributed by atoms with van der Waals surface area (Å²) >= 11 is 1.58. The first kappa shape index (κ1) is 14.7. The van der Waals surface area contributed by atoms with Crippen LogP contribution in [0.4, 0.5) is 5.13 Å². The van der Waals surface area contributed by atoms with Crippen LogP contribution in [0.25, 0.3) is 11.3 Å². The predicted octanol–water partition coefficient (Wildman–Crippen LogP) is 5.18. The molecule has 20 heavy (non-hydrogen) atoms. The molecule has 0 unspecified atom stereocenters. The maximum atomic E-state index is 4.52. The molecule has 4 heteroatoms. The Morgan fingerprint density at radius 1 is 1.20 bits per heavy atom. The Bertz CT molecular complexity index is 520. The van der Waals surface area contributed by atoms with E-state index in [1.165, 1.54) is 25.7 Å². The third-order valence-electron chi connectivity index (χ3n) is 3.01. The van der Waals surface area contributed by atoms with Gasteiger partial charge >= 0.3 is 0 Å². The number of benzene rings is 1. The fourth-order valence-electron chi connectivity index (χ4n) is 1.89. The van der Waals surface area contributed by atoms with Gasteiger partial charge in [0, 0.05) is 17.2 Å². The minimum Gasteiger partial charge on any atom is -0.253 e. The topological polar surface area (TPSA) is 37.3 Å². The molecule has 0 radical (unpaired) electrons. The van der Waals surface area contributed by atoms with Crippen molar-refractivity contribution in [2.45, 2.75) is 39.0 Å². The second-order valence-corrected chi connectivity index (χ2v) is 5.53. The first-order chi connectivity index (χ1) is 9.90. The fraction of sp³-hybridized carbons (Fsp3) is 0.375. The van der Waals surface area contributed by atoms with Crippen molar-refractivity contribution in [3.8, 4) is 11.3 Å². The minimum absolute atomic E-state index is 0.841. The molecular weight excluding hydrogens is 266 g/mol. The molecule has 106 valence electrons. The van der Waals surface area contributed by atoms with E-state index in [0.29, 0.717) is 0 Å². The van der Waals surface area contributed by atoms with Crippen molar-refractivity contribution in [1.29, 1.82) is 0 Å². The molecule has 0 fully saturated rings. The van der Waals surface area contributed by atoms with Crippen molar-refractivity contribution < 1.29 is 0 Å². The van der Waals surface area contributed by atoms with E-state index in [1.54, 1.807) is 11.3 Å². The van der Waals surface area contributed by atoms with Crippen LogP contribution in [0.5, 0.6) is 0 Å². The molecule has 1 aromatic heterocycles. The van der Waals surface area contributed by atoms with E-state index in [0.717, 1.165) is 22.8 Å². The number of unbranched alkanes of at least 4 members (excludes halogenated alkanes) is 4. The highest BCUT2D eigenvalue weighted by Gasteiger charge is 2.02. The number of hydrazone groups is 1. The SMILES string of the molecule is CCCCCC/C=N\Nc1nc(-c2ccccc2)cs1. The lowest BCUT2D eigenvalue weighted by molar-refractivity contribution is 0.685. The van der Waals surface area contributed by atoms with Crippen LogP contribution >= 0.6 is 11.3 Å². The summed E-state index contributed by atoms with van der Waals surface area (Å²) < 4.78 is 0. The van der Waals surface area contributed by atoms with Crippen molar-refractivity contribution >= 4 is 22.7 Å². The third-order valence-corrected chi connectivity index (χ3v) is 3.76. The van der Waals surface area contributed by atoms with Gasteiger partial charge in [-0.3, -0.25) is 5.43 Å². The summed E-state index contributed by atoms with van der Waals surface area (Å²) in [5.74, 6) is 0. The molecule has 2 rings (SSSR count). The lowest BCUT2D eigenvalue weighted by Gasteiger charge is -1.96. The summed E-state index contributed by atoms with van der Waals surface area (Å²) in [6.45, 7) is 2.22. The van der Waals surface area contributed by atoms with Gasteiger partial charge in [0.1, 0.15) is 0 Å². The van der Waals surface area contributed by atoms with Crippen LogP contribution in [0, 0.1) is 0 Å². The molecule has 0 aliphatic heterocycles. The summed E-state index contributed by atoms with van der Waals surface area (Å²) in [5.41, 5.74) is 5.14. The number of nitrogens with one attached hydrogen (secondary N) is 1. The molecular formula is C16H21N3S. The molecule has 0 bridgehead atoms. The first-order valence-electron chi connectivity index (χ1n) is 7.18. The van der Waals surface area contributed by atoms with Crippen LogP contribution in [0.15, 0.2) is 40.8 Å². The summed E-state index contributed by atoms with van der Waals surface area (Å²) in [4.78, 5) is 4.52. The molecule has 0 spiro atoms. The summed E-state index contributed by atoms with van der Waals surface area (Å²) in [7, 11) is 0. The zero-order valence-electron chi connectivity index (χ0n) is 11.9. The van der Waals surface area contributed by atoms with Crippen LogP contribution in [0.3, 0.4) is 0 Å². The van der Waals surface area contributed by atoms with E-state index in [9.17, 15) is 0 Å². The standard InChI is InChI=1S/C16H21N3S/c1-2-3-4-5-9-12-17-19-16-18-15(13-20-16)14-10-7-6-8-11-14/h6-8,10-13H,2-5,9H2,1H3,(H,18,19)/b17-12-. The molecule has 0 aliphatic carbocycles. The normalized spacial score (nSPS) is 11.1. The third kappa shape index (κ3) is 4.78. The van der Waals surface area contributed by atoms with Crippen molar-refractivity contribution in [2.75, 3.05) is 5.43 Å². The average molecular weight is 287 g/mol. The van der Waals surface area contributed by atoms with E-state index in [2.05, 4.69) is 39.9 Å². The number of thiazole rings is 1. The summed E-state index contributed by atoms with van der Waals surface area (Å²) in [5, 5.41) is 7.11. The maximum absolute atomic E-state index is 4.52. The van der Waals surface area contributed by atoms with Crippen molar-refractivity contribution in [3.63, 3.8) is 0 Å². The molecule has 0 atom stereocenters. The van der Waals surface area contributed by atoms with E-state index < -0.39 is 0 Å². The zero-order valence-corrected chi connectivity index (χ0v) is 12.7. The molecule has 1 heterocycles. The molecule has 1 aromatic carbocycles. The van der Waals surface area contributed by atoms with Crippen LogP contribution in [0.2, 0.25) is 0 Å². The molecule has 0 amide bonds. The number of hydrogen-bond donors (Lipinski definition) is 1. The number of hydrogen-bond acceptors (Lipinski definition) is 4. The fourth-order valence-corrected chi connectivity index (χ4v) is 2.56. The smallest absolute Gasteiger partial charge is 0.203 e. The van der Waals surface area contributed by atoms with Gasteiger partial charge in [-0.2, -0.15) is 5.10 Å². The largest absolute Gasteiger partial charge is 0.253 e. The van der Waals surface area contributed by atoms with Gasteiger partial charge in [-0.15, -0.1) is 11.3 Å². The van der Waals surface area contributed by atoms with Crippen LogP contribution in [0.1, 0.15) is 39.0 Å². The van der Waals surface area contributed by atoms with Crippen LogP contribution in [-0.2, 0) is 0 Å². The number of anilines is 1. The summed E-state index contributed by atoms with van der Waals surface area (Å²) in [6.07, 6.45) is 8.07. The lowest BCUT2D eigenvalue weighted by atomic mass is 10.2. The molecule has 0 saturated heterocycles. The zero-order chi connectivity index (χ0) is 14.0. The van der Waals surface area contributed by atoms with Gasteiger partial charge in [0.05, 0.1) is 5.69 Å². The highest BCUT2D eigenvalue weighted by molar-refractivity contribution is 7.14. The van der Waals surface area contributed by atoms with Crippen molar-refractivity contribution in [2.24, 2.45) is 5.10 Å². The Balaban J connectivity index is 1.77. The van der Waals surface area contributed by atoms with Crippen LogP contribution in [-0.4, -0.2) is 11.2 Å². The Hall–Kier alpha value is -1.68. The maximum Gasteiger partial charge on any atom is 0.203 e. The molecule has 1 N–H and O–H groups in total. The summed E-state index contributed by atoms with van der Waals surface area (Å²) in [6, 6.07) is 10.2. The van der Waals surface area contributed by atoms with Gasteiger partial charge in [-0.05, 0) is 12.8 Å². The lowest BCUT2D eigenvalue weighted by Crippen LogP contribution is -1.89. The number of aromatic nitrogens is 1. The molecule has 2 aromatic rings. The Morgan fingerprint density at radius 3 is 2.85 bits per heavy atom. The Labute approximate surface area is 124 Å². The van der Waals surface area contributed by atoms with E-state index >= 15 is 0 Å². The van der Waals surface area contributed by atoms with Crippen LogP contribution < -0.4 is 5.43 Å². The molecule has 0 aliphatic rings. The van der Waals surface area contributed by atoms with Crippen molar-refractivity contribution in [1.82, 2.24) is 4.98 Å². The highest BCUT2D eigenvalue weighted by Crippen LogP contribution is 2.24. The number of nitrogens with zero attached hydrogens (tertiary/aromatic N) is 2. The average Bonchev–Trinajstić information content (AvgIpc) is 2.96. The second-order valence-electron chi connectivity index (χ2n) is 4.68. The van der Waals surface area contributed by atoms with Gasteiger partial charge in [0.15, 0.2) is 0 Å². The van der Waals surface area contributed by atoms with E-state index in [4.69, 9.17) is 0 Å². The second kappa shape index (κ2) is 8.48. The van der Waals surface area contributed by atoms with E-state index in [1.807, 2.05) is 24.4 Å². The predicted molar refractivity (Wildman–Crippen MR) is 88.4 cm³/mol. The van der Waals surface area contributed by atoms with Crippen molar-refractivity contribution in [3.05, 3.63) is 35.7 Å². The minimum atomic E-state index is 0.841. The first-order valence-corrected chi connectivity index (χ1v) is 8.06.